The fourth-order valence-electron chi connectivity index (χ4n) is 2.50. The second kappa shape index (κ2) is 6.73. The highest BCUT2D eigenvalue weighted by Crippen LogP contribution is 2.17. The van der Waals surface area contributed by atoms with Gasteiger partial charge in [0, 0.05) is 19.6 Å². The Morgan fingerprint density at radius 3 is 2.67 bits per heavy atom. The summed E-state index contributed by atoms with van der Waals surface area (Å²) in [5, 5.41) is 8.92. The van der Waals surface area contributed by atoms with Crippen molar-refractivity contribution >= 4 is 11.9 Å². The lowest BCUT2D eigenvalue weighted by atomic mass is 10.1. The SMILES string of the molecule is CCCCN1CC(C)CN(C)C(CC(=O)O)C1=O. The van der Waals surface area contributed by atoms with E-state index in [0.29, 0.717) is 5.92 Å². The Bertz CT molecular complexity index is 307. The molecule has 1 fully saturated rings. The van der Waals surface area contributed by atoms with E-state index < -0.39 is 12.0 Å². The summed E-state index contributed by atoms with van der Waals surface area (Å²) in [5.41, 5.74) is 0. The molecule has 2 atom stereocenters. The summed E-state index contributed by atoms with van der Waals surface area (Å²) in [5.74, 6) is -0.558. The largest absolute Gasteiger partial charge is 0.481 e. The van der Waals surface area contributed by atoms with Gasteiger partial charge in [0.1, 0.15) is 0 Å². The molecule has 1 aliphatic rings. The van der Waals surface area contributed by atoms with Crippen LogP contribution in [0.1, 0.15) is 33.1 Å². The van der Waals surface area contributed by atoms with Crippen LogP contribution in [-0.4, -0.2) is 59.5 Å². The molecule has 0 radical (unpaired) electrons. The lowest BCUT2D eigenvalue weighted by Crippen LogP contribution is -2.45. The first-order valence-electron chi connectivity index (χ1n) is 6.66. The van der Waals surface area contributed by atoms with Crippen molar-refractivity contribution in [2.75, 3.05) is 26.7 Å². The van der Waals surface area contributed by atoms with Crippen molar-refractivity contribution in [3.8, 4) is 0 Å². The van der Waals surface area contributed by atoms with Crippen LogP contribution in [0.2, 0.25) is 0 Å². The van der Waals surface area contributed by atoms with Gasteiger partial charge in [-0.05, 0) is 19.4 Å². The highest BCUT2D eigenvalue weighted by atomic mass is 16.4. The number of aliphatic carboxylic acids is 1. The molecule has 1 heterocycles. The Labute approximate surface area is 109 Å². The fourth-order valence-corrected chi connectivity index (χ4v) is 2.50. The van der Waals surface area contributed by atoms with Gasteiger partial charge in [-0.25, -0.2) is 0 Å². The topological polar surface area (TPSA) is 60.9 Å². The van der Waals surface area contributed by atoms with E-state index in [-0.39, 0.29) is 12.3 Å². The van der Waals surface area contributed by atoms with Gasteiger partial charge in [0.2, 0.25) is 5.91 Å². The second-order valence-corrected chi connectivity index (χ2v) is 5.30. The average Bonchev–Trinajstić information content (AvgIpc) is 2.38. The minimum atomic E-state index is -0.912. The number of carboxylic acids is 1. The van der Waals surface area contributed by atoms with Crippen molar-refractivity contribution in [1.29, 1.82) is 0 Å². The summed E-state index contributed by atoms with van der Waals surface area (Å²) in [6.07, 6.45) is 1.91. The van der Waals surface area contributed by atoms with Gasteiger partial charge in [-0.3, -0.25) is 14.5 Å². The van der Waals surface area contributed by atoms with Crippen LogP contribution in [0.5, 0.6) is 0 Å². The molecule has 1 amide bonds. The summed E-state index contributed by atoms with van der Waals surface area (Å²) >= 11 is 0. The normalized spacial score (nSPS) is 26.2. The molecular formula is C13H24N2O3. The lowest BCUT2D eigenvalue weighted by molar-refractivity contribution is -0.144. The van der Waals surface area contributed by atoms with E-state index in [1.807, 2.05) is 16.8 Å². The second-order valence-electron chi connectivity index (χ2n) is 5.30. The van der Waals surface area contributed by atoms with Crippen molar-refractivity contribution in [1.82, 2.24) is 9.80 Å². The summed E-state index contributed by atoms with van der Waals surface area (Å²) in [6, 6.07) is -0.510. The predicted molar refractivity (Wildman–Crippen MR) is 69.3 cm³/mol. The molecule has 0 bridgehead atoms. The minimum absolute atomic E-state index is 0.0299. The van der Waals surface area contributed by atoms with Gasteiger partial charge in [0.15, 0.2) is 0 Å². The smallest absolute Gasteiger partial charge is 0.305 e. The number of rotatable bonds is 5. The van der Waals surface area contributed by atoms with Gasteiger partial charge >= 0.3 is 5.97 Å². The van der Waals surface area contributed by atoms with Crippen molar-refractivity contribution in [3.05, 3.63) is 0 Å². The Balaban J connectivity index is 2.80. The first-order valence-corrected chi connectivity index (χ1v) is 6.66. The third-order valence-electron chi connectivity index (χ3n) is 3.41. The average molecular weight is 256 g/mol. The summed E-state index contributed by atoms with van der Waals surface area (Å²) in [4.78, 5) is 27.0. The standard InChI is InChI=1S/C13H24N2O3/c1-4-5-6-15-9-10(2)8-14(3)11(13(15)18)7-12(16)17/h10-11H,4-9H2,1-3H3,(H,16,17). The number of carbonyl (C=O) groups excluding carboxylic acids is 1. The van der Waals surface area contributed by atoms with Crippen molar-refractivity contribution < 1.29 is 14.7 Å². The summed E-state index contributed by atoms with van der Waals surface area (Å²) < 4.78 is 0. The molecule has 18 heavy (non-hydrogen) atoms. The van der Waals surface area contributed by atoms with Crippen molar-refractivity contribution in [3.63, 3.8) is 0 Å². The fraction of sp³-hybridized carbons (Fsp3) is 0.846. The number of carboxylic acid groups (broad SMARTS) is 1. The maximum Gasteiger partial charge on any atom is 0.305 e. The molecule has 0 saturated carbocycles. The molecule has 1 N–H and O–H groups in total. The number of likely N-dealkylation sites (N-methyl/N-ethyl adjacent to an activating group) is 1. The van der Waals surface area contributed by atoms with Crippen LogP contribution in [0.25, 0.3) is 0 Å². The lowest BCUT2D eigenvalue weighted by Gasteiger charge is -2.26. The maximum absolute atomic E-state index is 12.4. The van der Waals surface area contributed by atoms with E-state index in [0.717, 1.165) is 32.5 Å². The van der Waals surface area contributed by atoms with Gasteiger partial charge in [-0.15, -0.1) is 0 Å². The minimum Gasteiger partial charge on any atom is -0.481 e. The number of hydrogen-bond donors (Lipinski definition) is 1. The van der Waals surface area contributed by atoms with E-state index in [9.17, 15) is 9.59 Å². The Morgan fingerprint density at radius 2 is 2.11 bits per heavy atom. The van der Waals surface area contributed by atoms with E-state index in [1.54, 1.807) is 0 Å². The van der Waals surface area contributed by atoms with E-state index in [4.69, 9.17) is 5.11 Å². The van der Waals surface area contributed by atoms with Crippen LogP contribution in [0.3, 0.4) is 0 Å². The molecule has 0 aromatic heterocycles. The highest BCUT2D eigenvalue weighted by molar-refractivity contribution is 5.86. The summed E-state index contributed by atoms with van der Waals surface area (Å²) in [7, 11) is 1.84. The molecule has 1 aliphatic heterocycles. The van der Waals surface area contributed by atoms with E-state index >= 15 is 0 Å². The molecule has 0 aromatic carbocycles. The molecule has 104 valence electrons. The monoisotopic (exact) mass is 256 g/mol. The molecule has 0 aromatic rings. The Morgan fingerprint density at radius 1 is 1.44 bits per heavy atom. The third-order valence-corrected chi connectivity index (χ3v) is 3.41. The van der Waals surface area contributed by atoms with Crippen LogP contribution in [0.15, 0.2) is 0 Å². The molecule has 5 nitrogen and oxygen atoms in total. The molecule has 1 saturated heterocycles. The quantitative estimate of drug-likeness (QED) is 0.798. The van der Waals surface area contributed by atoms with Gasteiger partial charge in [-0.1, -0.05) is 20.3 Å². The predicted octanol–water partition coefficient (Wildman–Crippen LogP) is 1.04. The number of amides is 1. The van der Waals surface area contributed by atoms with Gasteiger partial charge in [0.25, 0.3) is 0 Å². The molecule has 5 heteroatoms. The van der Waals surface area contributed by atoms with Gasteiger partial charge in [0.05, 0.1) is 12.5 Å². The first-order chi connectivity index (χ1) is 8.45. The molecule has 2 unspecified atom stereocenters. The Hall–Kier alpha value is -1.10. The van der Waals surface area contributed by atoms with Crippen LogP contribution >= 0.6 is 0 Å². The van der Waals surface area contributed by atoms with Crippen LogP contribution in [-0.2, 0) is 9.59 Å². The van der Waals surface area contributed by atoms with Crippen molar-refractivity contribution in [2.24, 2.45) is 5.92 Å². The maximum atomic E-state index is 12.4. The van der Waals surface area contributed by atoms with Gasteiger partial charge < -0.3 is 10.0 Å². The van der Waals surface area contributed by atoms with Gasteiger partial charge in [-0.2, -0.15) is 0 Å². The molecule has 1 rings (SSSR count). The summed E-state index contributed by atoms with van der Waals surface area (Å²) in [6.45, 7) is 6.44. The highest BCUT2D eigenvalue weighted by Gasteiger charge is 2.34. The molecule has 0 spiro atoms. The number of nitrogens with zero attached hydrogens (tertiary/aromatic N) is 2. The van der Waals surface area contributed by atoms with Crippen molar-refractivity contribution in [2.45, 2.75) is 39.2 Å². The first kappa shape index (κ1) is 15.0. The molecular weight excluding hydrogens is 232 g/mol. The van der Waals surface area contributed by atoms with E-state index in [2.05, 4.69) is 13.8 Å². The number of unbranched alkanes of at least 4 members (excludes halogenated alkanes) is 1. The van der Waals surface area contributed by atoms with Crippen LogP contribution < -0.4 is 0 Å². The number of carbonyl (C=O) groups is 2. The number of hydrogen-bond acceptors (Lipinski definition) is 3. The zero-order valence-corrected chi connectivity index (χ0v) is 11.6. The Kier molecular flexibility index (Phi) is 5.59. The zero-order chi connectivity index (χ0) is 13.7. The van der Waals surface area contributed by atoms with Crippen LogP contribution in [0, 0.1) is 5.92 Å². The zero-order valence-electron chi connectivity index (χ0n) is 11.6. The molecule has 0 aliphatic carbocycles. The van der Waals surface area contributed by atoms with Crippen LogP contribution in [0.4, 0.5) is 0 Å². The van der Waals surface area contributed by atoms with E-state index in [1.165, 1.54) is 0 Å². The third kappa shape index (κ3) is 3.98.